The molecule has 0 fully saturated rings. The fraction of sp³-hybridized carbons (Fsp3) is 0.583. The Labute approximate surface area is 96.7 Å². The van der Waals surface area contributed by atoms with Gasteiger partial charge in [0.1, 0.15) is 5.82 Å². The van der Waals surface area contributed by atoms with Crippen molar-refractivity contribution in [1.82, 2.24) is 4.98 Å². The van der Waals surface area contributed by atoms with Crippen molar-refractivity contribution in [2.45, 2.75) is 26.7 Å². The first-order valence-electron chi connectivity index (χ1n) is 5.33. The quantitative estimate of drug-likeness (QED) is 0.836. The van der Waals surface area contributed by atoms with Gasteiger partial charge in [0.05, 0.1) is 0 Å². The molecule has 0 bridgehead atoms. The Hall–Kier alpha value is -0.700. The summed E-state index contributed by atoms with van der Waals surface area (Å²) in [6, 6.07) is 4.04. The van der Waals surface area contributed by atoms with E-state index in [1.165, 1.54) is 17.7 Å². The molecule has 0 aliphatic rings. The molecule has 0 saturated heterocycles. The van der Waals surface area contributed by atoms with E-state index in [-0.39, 0.29) is 0 Å². The van der Waals surface area contributed by atoms with Gasteiger partial charge in [0.2, 0.25) is 0 Å². The van der Waals surface area contributed by atoms with Crippen molar-refractivity contribution in [3.05, 3.63) is 23.4 Å². The lowest BCUT2D eigenvalue weighted by Gasteiger charge is -2.10. The number of aromatic nitrogens is 1. The number of anilines is 1. The number of hydrogen-bond acceptors (Lipinski definition) is 3. The maximum atomic E-state index is 5.72. The number of nitrogens with two attached hydrogens (primary N) is 1. The highest BCUT2D eigenvalue weighted by Gasteiger charge is 2.05. The van der Waals surface area contributed by atoms with Crippen molar-refractivity contribution in [3.8, 4) is 0 Å². The molecule has 0 aliphatic carbocycles. The van der Waals surface area contributed by atoms with E-state index in [2.05, 4.69) is 31.2 Å². The van der Waals surface area contributed by atoms with Gasteiger partial charge in [-0.3, -0.25) is 0 Å². The Morgan fingerprint density at radius 1 is 1.47 bits per heavy atom. The van der Waals surface area contributed by atoms with E-state index in [4.69, 9.17) is 5.73 Å². The summed E-state index contributed by atoms with van der Waals surface area (Å²) in [5.74, 6) is 2.55. The van der Waals surface area contributed by atoms with Crippen LogP contribution < -0.4 is 5.73 Å². The van der Waals surface area contributed by atoms with Gasteiger partial charge in [-0.05, 0) is 55.4 Å². The Balaban J connectivity index is 2.56. The molecule has 1 rings (SSSR count). The zero-order valence-corrected chi connectivity index (χ0v) is 10.6. The van der Waals surface area contributed by atoms with E-state index in [0.29, 0.717) is 11.7 Å². The normalized spacial score (nSPS) is 12.7. The summed E-state index contributed by atoms with van der Waals surface area (Å²) < 4.78 is 0. The first-order valence-corrected chi connectivity index (χ1v) is 6.73. The molecular weight excluding hydrogens is 204 g/mol. The van der Waals surface area contributed by atoms with Gasteiger partial charge in [-0.2, -0.15) is 11.8 Å². The van der Waals surface area contributed by atoms with Crippen LogP contribution in [-0.2, 0) is 6.42 Å². The van der Waals surface area contributed by atoms with Gasteiger partial charge < -0.3 is 5.73 Å². The molecule has 0 radical (unpaired) electrons. The highest BCUT2D eigenvalue weighted by Crippen LogP contribution is 2.15. The van der Waals surface area contributed by atoms with E-state index in [1.807, 2.05) is 17.8 Å². The van der Waals surface area contributed by atoms with Gasteiger partial charge in [-0.15, -0.1) is 0 Å². The molecule has 1 aromatic rings. The average Bonchev–Trinajstić information content (AvgIpc) is 2.13. The summed E-state index contributed by atoms with van der Waals surface area (Å²) in [6.07, 6.45) is 4.43. The van der Waals surface area contributed by atoms with Crippen LogP contribution in [0.3, 0.4) is 0 Å². The second kappa shape index (κ2) is 6.01. The van der Waals surface area contributed by atoms with Crippen molar-refractivity contribution < 1.29 is 0 Å². The molecule has 15 heavy (non-hydrogen) atoms. The Kier molecular flexibility index (Phi) is 4.95. The highest BCUT2D eigenvalue weighted by molar-refractivity contribution is 7.98. The summed E-state index contributed by atoms with van der Waals surface area (Å²) in [5, 5.41) is 0. The minimum atomic E-state index is 0.641. The molecule has 1 unspecified atom stereocenters. The molecule has 2 nitrogen and oxygen atoms in total. The summed E-state index contributed by atoms with van der Waals surface area (Å²) in [7, 11) is 0. The molecule has 0 saturated carbocycles. The Morgan fingerprint density at radius 2 is 2.20 bits per heavy atom. The van der Waals surface area contributed by atoms with Crippen LogP contribution >= 0.6 is 11.8 Å². The van der Waals surface area contributed by atoms with Gasteiger partial charge in [0.25, 0.3) is 0 Å². The summed E-state index contributed by atoms with van der Waals surface area (Å²) >= 11 is 1.90. The topological polar surface area (TPSA) is 38.9 Å². The molecule has 0 aliphatic heterocycles. The maximum absolute atomic E-state index is 5.72. The first kappa shape index (κ1) is 12.4. The minimum Gasteiger partial charge on any atom is -0.384 e. The largest absolute Gasteiger partial charge is 0.384 e. The van der Waals surface area contributed by atoms with Crippen LogP contribution in [0.4, 0.5) is 5.82 Å². The van der Waals surface area contributed by atoms with Crippen molar-refractivity contribution in [3.63, 3.8) is 0 Å². The van der Waals surface area contributed by atoms with E-state index in [9.17, 15) is 0 Å². The summed E-state index contributed by atoms with van der Waals surface area (Å²) in [4.78, 5) is 4.35. The minimum absolute atomic E-state index is 0.641. The van der Waals surface area contributed by atoms with Crippen molar-refractivity contribution in [2.75, 3.05) is 17.7 Å². The molecule has 0 amide bonds. The standard InChI is InChI=1S/C12H20N2S/c1-9(4-5-15-3)6-11-7-10(2)8-12(13)14-11/h7-9H,4-6H2,1-3H3,(H2,13,14). The lowest BCUT2D eigenvalue weighted by molar-refractivity contribution is 0.557. The molecule has 2 N–H and O–H groups in total. The average molecular weight is 224 g/mol. The van der Waals surface area contributed by atoms with Gasteiger partial charge >= 0.3 is 0 Å². The molecule has 1 atom stereocenters. The SMILES string of the molecule is CSCCC(C)Cc1cc(C)cc(N)n1. The second-order valence-electron chi connectivity index (χ2n) is 4.15. The maximum Gasteiger partial charge on any atom is 0.123 e. The van der Waals surface area contributed by atoms with Gasteiger partial charge in [0.15, 0.2) is 0 Å². The predicted molar refractivity (Wildman–Crippen MR) is 69.3 cm³/mol. The van der Waals surface area contributed by atoms with Crippen molar-refractivity contribution in [2.24, 2.45) is 5.92 Å². The zero-order chi connectivity index (χ0) is 11.3. The van der Waals surface area contributed by atoms with Gasteiger partial charge in [0, 0.05) is 5.69 Å². The fourth-order valence-corrected chi connectivity index (χ4v) is 2.29. The van der Waals surface area contributed by atoms with Crippen LogP contribution in [0.2, 0.25) is 0 Å². The third kappa shape index (κ3) is 4.56. The Morgan fingerprint density at radius 3 is 2.80 bits per heavy atom. The monoisotopic (exact) mass is 224 g/mol. The van der Waals surface area contributed by atoms with E-state index >= 15 is 0 Å². The van der Waals surface area contributed by atoms with Gasteiger partial charge in [-0.25, -0.2) is 4.98 Å². The smallest absolute Gasteiger partial charge is 0.123 e. The third-order valence-corrected chi connectivity index (χ3v) is 3.06. The number of rotatable bonds is 5. The number of thioether (sulfide) groups is 1. The van der Waals surface area contributed by atoms with Gasteiger partial charge in [-0.1, -0.05) is 6.92 Å². The Bertz CT molecular complexity index is 292. The first-order chi connectivity index (χ1) is 7.11. The number of pyridine rings is 1. The number of nitrogens with zero attached hydrogens (tertiary/aromatic N) is 1. The van der Waals surface area contributed by atoms with Crippen LogP contribution in [0.1, 0.15) is 24.6 Å². The molecular formula is C12H20N2S. The molecule has 1 aromatic heterocycles. The number of aryl methyl sites for hydroxylation is 1. The van der Waals surface area contributed by atoms with Crippen LogP contribution in [-0.4, -0.2) is 17.0 Å². The number of nitrogen functional groups attached to an aromatic ring is 1. The van der Waals surface area contributed by atoms with E-state index in [1.54, 1.807) is 0 Å². The molecule has 84 valence electrons. The van der Waals surface area contributed by atoms with Crippen LogP contribution in [0, 0.1) is 12.8 Å². The molecule has 3 heteroatoms. The summed E-state index contributed by atoms with van der Waals surface area (Å²) in [5.41, 5.74) is 8.05. The fourth-order valence-electron chi connectivity index (χ4n) is 1.65. The predicted octanol–water partition coefficient (Wildman–Crippen LogP) is 2.90. The lowest BCUT2D eigenvalue weighted by Crippen LogP contribution is -2.05. The van der Waals surface area contributed by atoms with Crippen LogP contribution in [0.5, 0.6) is 0 Å². The van der Waals surface area contributed by atoms with Crippen LogP contribution in [0.25, 0.3) is 0 Å². The highest BCUT2D eigenvalue weighted by atomic mass is 32.2. The van der Waals surface area contributed by atoms with E-state index in [0.717, 1.165) is 12.1 Å². The third-order valence-electron chi connectivity index (χ3n) is 2.41. The summed E-state index contributed by atoms with van der Waals surface area (Å²) in [6.45, 7) is 4.34. The van der Waals surface area contributed by atoms with E-state index < -0.39 is 0 Å². The van der Waals surface area contributed by atoms with Crippen molar-refractivity contribution in [1.29, 1.82) is 0 Å². The molecule has 1 heterocycles. The lowest BCUT2D eigenvalue weighted by atomic mass is 10.0. The molecule has 0 spiro atoms. The second-order valence-corrected chi connectivity index (χ2v) is 5.14. The number of hydrogen-bond donors (Lipinski definition) is 1. The molecule has 0 aromatic carbocycles. The zero-order valence-electron chi connectivity index (χ0n) is 9.79. The van der Waals surface area contributed by atoms with Crippen molar-refractivity contribution >= 4 is 17.6 Å². The van der Waals surface area contributed by atoms with Crippen LogP contribution in [0.15, 0.2) is 12.1 Å².